The monoisotopic (exact) mass is 344 g/mol. The number of nitrogens with zero attached hydrogens (tertiary/aromatic N) is 1. The molecule has 0 radical (unpaired) electrons. The van der Waals surface area contributed by atoms with Crippen LogP contribution in [0.5, 0.6) is 0 Å². The van der Waals surface area contributed by atoms with Gasteiger partial charge >= 0.3 is 0 Å². The molecule has 5 heteroatoms. The number of benzene rings is 1. The first-order valence-corrected chi connectivity index (χ1v) is 9.29. The number of amides is 1. The van der Waals surface area contributed by atoms with Gasteiger partial charge in [-0.1, -0.05) is 32.0 Å². The van der Waals surface area contributed by atoms with Gasteiger partial charge in [0.15, 0.2) is 5.78 Å². The minimum absolute atomic E-state index is 0.0498. The zero-order valence-electron chi connectivity index (χ0n) is 14.2. The number of hydrogen-bond donors (Lipinski definition) is 1. The highest BCUT2D eigenvalue weighted by Crippen LogP contribution is 2.29. The second-order valence-electron chi connectivity index (χ2n) is 7.27. The van der Waals surface area contributed by atoms with Crippen LogP contribution in [0.1, 0.15) is 43.5 Å². The maximum atomic E-state index is 12.5. The van der Waals surface area contributed by atoms with E-state index in [0.29, 0.717) is 13.1 Å². The molecule has 1 aliphatic rings. The number of fused-ring (bicyclic) bond motifs is 1. The maximum absolute atomic E-state index is 12.5. The summed E-state index contributed by atoms with van der Waals surface area (Å²) in [7, 11) is 0. The van der Waals surface area contributed by atoms with Crippen LogP contribution in [0.25, 0.3) is 10.1 Å². The Labute approximate surface area is 146 Å². The number of likely N-dealkylation sites (tertiary alicyclic amines) is 1. The zero-order chi connectivity index (χ0) is 17.3. The third kappa shape index (κ3) is 3.37. The number of nitrogens with two attached hydrogens (primary N) is 1. The van der Waals surface area contributed by atoms with Crippen molar-refractivity contribution in [2.24, 2.45) is 11.1 Å². The van der Waals surface area contributed by atoms with E-state index < -0.39 is 0 Å². The highest BCUT2D eigenvalue weighted by molar-refractivity contribution is 7.17. The highest BCUT2D eigenvalue weighted by atomic mass is 32.1. The third-order valence-electron chi connectivity index (χ3n) is 5.01. The molecule has 1 saturated heterocycles. The first kappa shape index (κ1) is 17.1. The second-order valence-corrected chi connectivity index (χ2v) is 8.18. The van der Waals surface area contributed by atoms with E-state index in [1.54, 1.807) is 11.3 Å². The van der Waals surface area contributed by atoms with E-state index in [9.17, 15) is 9.59 Å². The van der Waals surface area contributed by atoms with Gasteiger partial charge in [0.05, 0.1) is 0 Å². The Morgan fingerprint density at radius 3 is 2.79 bits per heavy atom. The normalized spacial score (nSPS) is 20.3. The maximum Gasteiger partial charge on any atom is 0.223 e. The van der Waals surface area contributed by atoms with Gasteiger partial charge in [-0.3, -0.25) is 9.59 Å². The van der Waals surface area contributed by atoms with Gasteiger partial charge < -0.3 is 10.6 Å². The lowest BCUT2D eigenvalue weighted by Gasteiger charge is -2.42. The summed E-state index contributed by atoms with van der Waals surface area (Å²) in [5.74, 6) is 0.108. The van der Waals surface area contributed by atoms with Crippen LogP contribution in [0.3, 0.4) is 0 Å². The van der Waals surface area contributed by atoms with Crippen LogP contribution in [0.4, 0.5) is 0 Å². The van der Waals surface area contributed by atoms with Crippen molar-refractivity contribution in [3.8, 4) is 0 Å². The molecule has 1 unspecified atom stereocenters. The summed E-state index contributed by atoms with van der Waals surface area (Å²) in [5, 5.41) is 2.89. The number of carbonyl (C=O) groups is 2. The third-order valence-corrected chi connectivity index (χ3v) is 5.98. The van der Waals surface area contributed by atoms with E-state index in [2.05, 4.69) is 13.8 Å². The van der Waals surface area contributed by atoms with Gasteiger partial charge in [-0.15, -0.1) is 11.3 Å². The number of rotatable bonds is 4. The molecular formula is C19H24N2O2S. The molecule has 2 heterocycles. The largest absolute Gasteiger partial charge is 0.342 e. The van der Waals surface area contributed by atoms with Crippen molar-refractivity contribution in [2.75, 3.05) is 13.1 Å². The topological polar surface area (TPSA) is 63.4 Å². The van der Waals surface area contributed by atoms with Crippen molar-refractivity contribution in [1.82, 2.24) is 4.90 Å². The summed E-state index contributed by atoms with van der Waals surface area (Å²) < 4.78 is 1.11. The van der Waals surface area contributed by atoms with Gasteiger partial charge in [-0.25, -0.2) is 0 Å². The minimum atomic E-state index is -0.0680. The van der Waals surface area contributed by atoms with Gasteiger partial charge in [0.25, 0.3) is 0 Å². The Morgan fingerprint density at radius 1 is 1.29 bits per heavy atom. The van der Waals surface area contributed by atoms with Gasteiger partial charge in [-0.05, 0) is 17.9 Å². The Balaban J connectivity index is 1.61. The van der Waals surface area contributed by atoms with E-state index in [4.69, 9.17) is 5.73 Å². The number of piperidine rings is 1. The van der Waals surface area contributed by atoms with Crippen LogP contribution in [0.2, 0.25) is 0 Å². The van der Waals surface area contributed by atoms with E-state index in [-0.39, 0.29) is 36.0 Å². The summed E-state index contributed by atoms with van der Waals surface area (Å²) in [6.45, 7) is 5.56. The molecule has 3 rings (SSSR count). The summed E-state index contributed by atoms with van der Waals surface area (Å²) in [6, 6.07) is 8.02. The van der Waals surface area contributed by atoms with Crippen LogP contribution in [-0.2, 0) is 4.79 Å². The van der Waals surface area contributed by atoms with Gasteiger partial charge in [0, 0.05) is 53.0 Å². The lowest BCUT2D eigenvalue weighted by Crippen LogP contribution is -2.54. The van der Waals surface area contributed by atoms with E-state index in [1.807, 2.05) is 34.5 Å². The first-order chi connectivity index (χ1) is 11.4. The number of hydrogen-bond acceptors (Lipinski definition) is 4. The Morgan fingerprint density at radius 2 is 2.04 bits per heavy atom. The van der Waals surface area contributed by atoms with Crippen molar-refractivity contribution in [2.45, 2.75) is 39.2 Å². The molecule has 1 atom stereocenters. The fourth-order valence-electron chi connectivity index (χ4n) is 3.29. The predicted octanol–water partition coefficient (Wildman–Crippen LogP) is 3.45. The lowest BCUT2D eigenvalue weighted by atomic mass is 9.79. The average molecular weight is 344 g/mol. The Bertz CT molecular complexity index is 766. The molecule has 1 fully saturated rings. The summed E-state index contributed by atoms with van der Waals surface area (Å²) in [5.41, 5.74) is 6.80. The van der Waals surface area contributed by atoms with Crippen LogP contribution in [0, 0.1) is 5.41 Å². The number of ketones is 1. The fraction of sp³-hybridized carbons (Fsp3) is 0.474. The minimum Gasteiger partial charge on any atom is -0.342 e. The van der Waals surface area contributed by atoms with Crippen molar-refractivity contribution >= 4 is 33.1 Å². The quantitative estimate of drug-likeness (QED) is 0.864. The van der Waals surface area contributed by atoms with E-state index in [1.165, 1.54) is 0 Å². The first-order valence-electron chi connectivity index (χ1n) is 8.41. The summed E-state index contributed by atoms with van der Waals surface area (Å²) in [4.78, 5) is 26.8. The van der Waals surface area contributed by atoms with E-state index in [0.717, 1.165) is 22.1 Å². The lowest BCUT2D eigenvalue weighted by molar-refractivity contribution is -0.134. The average Bonchev–Trinajstić information content (AvgIpc) is 2.99. The molecule has 1 aromatic heterocycles. The summed E-state index contributed by atoms with van der Waals surface area (Å²) in [6.07, 6.45) is 1.36. The molecule has 0 spiro atoms. The summed E-state index contributed by atoms with van der Waals surface area (Å²) >= 11 is 1.57. The van der Waals surface area contributed by atoms with Crippen LogP contribution >= 0.6 is 11.3 Å². The number of thiophene rings is 1. The fourth-order valence-corrected chi connectivity index (χ4v) is 4.26. The Kier molecular flexibility index (Phi) is 4.74. The second kappa shape index (κ2) is 6.65. The van der Waals surface area contributed by atoms with Gasteiger partial charge in [0.1, 0.15) is 0 Å². The zero-order valence-corrected chi connectivity index (χ0v) is 15.1. The molecule has 0 aliphatic carbocycles. The molecule has 128 valence electrons. The molecule has 2 aromatic rings. The molecule has 2 N–H and O–H groups in total. The standard InChI is InChI=1S/C19H24N2O2S/c1-19(2)12-21(10-9-17(19)20)18(23)8-7-15(22)14-11-24-16-6-4-3-5-13(14)16/h3-6,11,17H,7-10,12,20H2,1-2H3. The number of carbonyl (C=O) groups excluding carboxylic acids is 2. The van der Waals surface area contributed by atoms with E-state index >= 15 is 0 Å². The van der Waals surface area contributed by atoms with Crippen LogP contribution in [0.15, 0.2) is 29.6 Å². The van der Waals surface area contributed by atoms with Gasteiger partial charge in [-0.2, -0.15) is 0 Å². The smallest absolute Gasteiger partial charge is 0.223 e. The predicted molar refractivity (Wildman–Crippen MR) is 98.3 cm³/mol. The van der Waals surface area contributed by atoms with Crippen molar-refractivity contribution in [3.63, 3.8) is 0 Å². The molecule has 1 aromatic carbocycles. The number of Topliss-reactive ketones (excluding diaryl/α,β-unsaturated/α-hetero) is 1. The van der Waals surface area contributed by atoms with Crippen LogP contribution < -0.4 is 5.73 Å². The Hall–Kier alpha value is -1.72. The molecule has 4 nitrogen and oxygen atoms in total. The van der Waals surface area contributed by atoms with Crippen molar-refractivity contribution in [1.29, 1.82) is 0 Å². The van der Waals surface area contributed by atoms with Gasteiger partial charge in [0.2, 0.25) is 5.91 Å². The van der Waals surface area contributed by atoms with Crippen molar-refractivity contribution < 1.29 is 9.59 Å². The molecule has 24 heavy (non-hydrogen) atoms. The van der Waals surface area contributed by atoms with Crippen LogP contribution in [-0.4, -0.2) is 35.7 Å². The SMILES string of the molecule is CC1(C)CN(C(=O)CCC(=O)c2csc3ccccc23)CCC1N. The highest BCUT2D eigenvalue weighted by Gasteiger charge is 2.35. The molecule has 1 aliphatic heterocycles. The molecule has 1 amide bonds. The molecular weight excluding hydrogens is 320 g/mol. The molecule has 0 bridgehead atoms. The van der Waals surface area contributed by atoms with Crippen molar-refractivity contribution in [3.05, 3.63) is 35.2 Å². The molecule has 0 saturated carbocycles.